The molecule has 0 spiro atoms. The van der Waals surface area contributed by atoms with E-state index in [1.54, 1.807) is 12.1 Å². The fourth-order valence-electron chi connectivity index (χ4n) is 3.42. The van der Waals surface area contributed by atoms with Crippen LogP contribution >= 0.6 is 0 Å². The summed E-state index contributed by atoms with van der Waals surface area (Å²) < 4.78 is 32.9. The van der Waals surface area contributed by atoms with Gasteiger partial charge in [0.25, 0.3) is 0 Å². The number of rotatable bonds is 8. The Balaban J connectivity index is 1.77. The lowest BCUT2D eigenvalue weighted by atomic mass is 9.78. The van der Waals surface area contributed by atoms with E-state index in [1.807, 2.05) is 58.0 Å². The van der Waals surface area contributed by atoms with Gasteiger partial charge in [-0.3, -0.25) is 0 Å². The standard InChI is InChI=1S/C24H32BFO3/c1-6-7-10-15-27-17-19-11-8-9-12-20(19)18-13-14-21(22(26)16-18)25-28-23(2,3)24(4,5)29-25/h8-9,11-14,16H,6-7,10,15,17H2,1-5H3. The third kappa shape index (κ3) is 4.91. The Bertz CT molecular complexity index is 819. The molecule has 3 rings (SSSR count). The molecule has 0 unspecified atom stereocenters. The monoisotopic (exact) mass is 398 g/mol. The van der Waals surface area contributed by atoms with Gasteiger partial charge in [0.15, 0.2) is 0 Å². The molecule has 29 heavy (non-hydrogen) atoms. The minimum Gasteiger partial charge on any atom is -0.399 e. The Morgan fingerprint density at radius 1 is 0.966 bits per heavy atom. The van der Waals surface area contributed by atoms with Crippen LogP contribution < -0.4 is 5.46 Å². The highest BCUT2D eigenvalue weighted by Crippen LogP contribution is 2.37. The van der Waals surface area contributed by atoms with E-state index in [-0.39, 0.29) is 5.82 Å². The summed E-state index contributed by atoms with van der Waals surface area (Å²) in [5, 5.41) is 0. The molecule has 2 aromatic rings. The van der Waals surface area contributed by atoms with E-state index in [9.17, 15) is 0 Å². The van der Waals surface area contributed by atoms with Crippen LogP contribution in [-0.2, 0) is 20.7 Å². The first-order valence-corrected chi connectivity index (χ1v) is 10.6. The van der Waals surface area contributed by atoms with Crippen LogP contribution in [0, 0.1) is 5.82 Å². The zero-order chi connectivity index (χ0) is 21.1. The van der Waals surface area contributed by atoms with Crippen molar-refractivity contribution in [3.8, 4) is 11.1 Å². The van der Waals surface area contributed by atoms with Gasteiger partial charge in [0, 0.05) is 12.1 Å². The second-order valence-electron chi connectivity index (χ2n) is 8.74. The quantitative estimate of drug-likeness (QED) is 0.434. The highest BCUT2D eigenvalue weighted by atomic mass is 19.1. The van der Waals surface area contributed by atoms with Gasteiger partial charge in [-0.15, -0.1) is 0 Å². The molecule has 1 saturated heterocycles. The molecule has 1 aliphatic rings. The Labute approximate surface area is 174 Å². The molecule has 0 aliphatic carbocycles. The van der Waals surface area contributed by atoms with Crippen molar-refractivity contribution in [1.82, 2.24) is 0 Å². The van der Waals surface area contributed by atoms with Crippen molar-refractivity contribution >= 4 is 12.6 Å². The van der Waals surface area contributed by atoms with E-state index in [1.165, 1.54) is 12.8 Å². The molecule has 0 N–H and O–H groups in total. The molecule has 1 aliphatic heterocycles. The predicted octanol–water partition coefficient (Wildman–Crippen LogP) is 5.50. The summed E-state index contributed by atoms with van der Waals surface area (Å²) in [6, 6.07) is 13.3. The van der Waals surface area contributed by atoms with E-state index >= 15 is 4.39 Å². The van der Waals surface area contributed by atoms with Crippen LogP contribution in [0.25, 0.3) is 11.1 Å². The first-order chi connectivity index (χ1) is 13.7. The topological polar surface area (TPSA) is 27.7 Å². The first kappa shape index (κ1) is 22.0. The van der Waals surface area contributed by atoms with E-state index in [0.717, 1.165) is 29.7 Å². The van der Waals surface area contributed by atoms with E-state index in [2.05, 4.69) is 6.92 Å². The van der Waals surface area contributed by atoms with E-state index in [0.29, 0.717) is 12.1 Å². The van der Waals surface area contributed by atoms with Gasteiger partial charge in [-0.05, 0) is 56.9 Å². The lowest BCUT2D eigenvalue weighted by molar-refractivity contribution is 0.00578. The van der Waals surface area contributed by atoms with Crippen LogP contribution in [0.2, 0.25) is 0 Å². The summed E-state index contributed by atoms with van der Waals surface area (Å²) in [4.78, 5) is 0. The summed E-state index contributed by atoms with van der Waals surface area (Å²) in [5.74, 6) is -0.320. The van der Waals surface area contributed by atoms with Gasteiger partial charge in [-0.1, -0.05) is 56.2 Å². The van der Waals surface area contributed by atoms with Crippen LogP contribution in [0.4, 0.5) is 4.39 Å². The zero-order valence-electron chi connectivity index (χ0n) is 18.3. The molecular formula is C24H32BFO3. The fraction of sp³-hybridized carbons (Fsp3) is 0.500. The van der Waals surface area contributed by atoms with Crippen molar-refractivity contribution in [3.63, 3.8) is 0 Å². The Morgan fingerprint density at radius 3 is 2.31 bits per heavy atom. The van der Waals surface area contributed by atoms with Gasteiger partial charge < -0.3 is 14.0 Å². The number of halogens is 1. The van der Waals surface area contributed by atoms with Gasteiger partial charge in [0.05, 0.1) is 17.8 Å². The maximum absolute atomic E-state index is 15.0. The molecule has 1 heterocycles. The molecule has 0 atom stereocenters. The molecule has 3 nitrogen and oxygen atoms in total. The van der Waals surface area contributed by atoms with E-state index < -0.39 is 18.3 Å². The van der Waals surface area contributed by atoms with Crippen molar-refractivity contribution in [3.05, 3.63) is 53.8 Å². The molecule has 1 fully saturated rings. The molecule has 0 bridgehead atoms. The van der Waals surface area contributed by atoms with Crippen molar-refractivity contribution in [1.29, 1.82) is 0 Å². The van der Waals surface area contributed by atoms with Crippen molar-refractivity contribution in [2.75, 3.05) is 6.61 Å². The van der Waals surface area contributed by atoms with Crippen LogP contribution in [0.3, 0.4) is 0 Å². The molecule has 0 radical (unpaired) electrons. The van der Waals surface area contributed by atoms with E-state index in [4.69, 9.17) is 14.0 Å². The lowest BCUT2D eigenvalue weighted by Gasteiger charge is -2.32. The average Bonchev–Trinajstić information content (AvgIpc) is 2.89. The molecule has 2 aromatic carbocycles. The van der Waals surface area contributed by atoms with Crippen LogP contribution in [0.15, 0.2) is 42.5 Å². The minimum absolute atomic E-state index is 0.320. The van der Waals surface area contributed by atoms with Crippen molar-refractivity contribution in [2.24, 2.45) is 0 Å². The second-order valence-corrected chi connectivity index (χ2v) is 8.74. The maximum Gasteiger partial charge on any atom is 0.497 e. The summed E-state index contributed by atoms with van der Waals surface area (Å²) >= 11 is 0. The minimum atomic E-state index is -0.703. The SMILES string of the molecule is CCCCCOCc1ccccc1-c1ccc(B2OC(C)(C)C(C)(C)O2)c(F)c1. The number of hydrogen-bond donors (Lipinski definition) is 0. The summed E-state index contributed by atoms with van der Waals surface area (Å²) in [6.07, 6.45) is 3.41. The predicted molar refractivity (Wildman–Crippen MR) is 117 cm³/mol. The van der Waals surface area contributed by atoms with Crippen LogP contribution in [0.1, 0.15) is 59.4 Å². The Kier molecular flexibility index (Phi) is 6.82. The number of unbranched alkanes of at least 4 members (excludes halogenated alkanes) is 2. The third-order valence-corrected chi connectivity index (χ3v) is 5.99. The maximum atomic E-state index is 15.0. The number of benzene rings is 2. The summed E-state index contributed by atoms with van der Waals surface area (Å²) in [6.45, 7) is 11.3. The Morgan fingerprint density at radius 2 is 1.66 bits per heavy atom. The molecule has 5 heteroatoms. The van der Waals surface area contributed by atoms with Gasteiger partial charge >= 0.3 is 7.12 Å². The average molecular weight is 398 g/mol. The zero-order valence-corrected chi connectivity index (χ0v) is 18.3. The molecule has 156 valence electrons. The normalized spacial score (nSPS) is 17.7. The lowest BCUT2D eigenvalue weighted by Crippen LogP contribution is -2.41. The molecular weight excluding hydrogens is 366 g/mol. The van der Waals surface area contributed by atoms with Gasteiger partial charge in [0.1, 0.15) is 5.82 Å². The van der Waals surface area contributed by atoms with Gasteiger partial charge in [0.2, 0.25) is 0 Å². The van der Waals surface area contributed by atoms with Gasteiger partial charge in [-0.25, -0.2) is 4.39 Å². The third-order valence-electron chi connectivity index (χ3n) is 5.99. The van der Waals surface area contributed by atoms with Crippen LogP contribution in [-0.4, -0.2) is 24.9 Å². The van der Waals surface area contributed by atoms with Crippen molar-refractivity contribution in [2.45, 2.75) is 71.7 Å². The highest BCUT2D eigenvalue weighted by Gasteiger charge is 2.52. The number of ether oxygens (including phenoxy) is 1. The highest BCUT2D eigenvalue weighted by molar-refractivity contribution is 6.62. The summed E-state index contributed by atoms with van der Waals surface area (Å²) in [5.41, 5.74) is 2.32. The molecule has 0 saturated carbocycles. The smallest absolute Gasteiger partial charge is 0.399 e. The largest absolute Gasteiger partial charge is 0.497 e. The molecule has 0 aromatic heterocycles. The first-order valence-electron chi connectivity index (χ1n) is 10.6. The summed E-state index contributed by atoms with van der Waals surface area (Å²) in [7, 11) is -0.703. The van der Waals surface area contributed by atoms with Crippen molar-refractivity contribution < 1.29 is 18.4 Å². The Hall–Kier alpha value is -1.69. The number of hydrogen-bond acceptors (Lipinski definition) is 3. The van der Waals surface area contributed by atoms with Gasteiger partial charge in [-0.2, -0.15) is 0 Å². The second kappa shape index (κ2) is 8.99. The van der Waals surface area contributed by atoms with Crippen LogP contribution in [0.5, 0.6) is 0 Å². The fourth-order valence-corrected chi connectivity index (χ4v) is 3.42. The molecule has 0 amide bonds.